The van der Waals surface area contributed by atoms with E-state index in [1.807, 2.05) is 0 Å². The van der Waals surface area contributed by atoms with Crippen LogP contribution in [0.2, 0.25) is 10.0 Å². The second-order valence-electron chi connectivity index (χ2n) is 4.57. The first-order valence-electron chi connectivity index (χ1n) is 6.02. The SMILES string of the molecule is CN(C1CCSC1)S(=O)(=O)c1cc(Cl)cc(CO)c1Cl. The summed E-state index contributed by atoms with van der Waals surface area (Å²) in [5.41, 5.74) is 0.312. The predicted octanol–water partition coefficient (Wildman–Crippen LogP) is 2.61. The number of thioether (sulfide) groups is 1. The molecule has 20 heavy (non-hydrogen) atoms. The van der Waals surface area contributed by atoms with Crippen molar-refractivity contribution in [3.8, 4) is 0 Å². The minimum atomic E-state index is -3.72. The first kappa shape index (κ1) is 16.4. The van der Waals surface area contributed by atoms with Crippen LogP contribution >= 0.6 is 35.0 Å². The highest BCUT2D eigenvalue weighted by atomic mass is 35.5. The minimum absolute atomic E-state index is 0.0300. The minimum Gasteiger partial charge on any atom is -0.392 e. The summed E-state index contributed by atoms with van der Waals surface area (Å²) < 4.78 is 26.7. The van der Waals surface area contributed by atoms with Gasteiger partial charge in [-0.15, -0.1) is 0 Å². The number of nitrogens with zero attached hydrogens (tertiary/aromatic N) is 1. The summed E-state index contributed by atoms with van der Waals surface area (Å²) >= 11 is 13.7. The lowest BCUT2D eigenvalue weighted by Crippen LogP contribution is -2.37. The molecule has 1 aliphatic heterocycles. The van der Waals surface area contributed by atoms with Gasteiger partial charge in [-0.1, -0.05) is 23.2 Å². The van der Waals surface area contributed by atoms with E-state index in [9.17, 15) is 13.5 Å². The Balaban J connectivity index is 2.45. The lowest BCUT2D eigenvalue weighted by atomic mass is 10.2. The number of hydrogen-bond acceptors (Lipinski definition) is 4. The second kappa shape index (κ2) is 6.42. The molecule has 0 aliphatic carbocycles. The molecule has 1 atom stereocenters. The van der Waals surface area contributed by atoms with Gasteiger partial charge in [0.05, 0.1) is 11.6 Å². The van der Waals surface area contributed by atoms with Crippen molar-refractivity contribution in [2.24, 2.45) is 0 Å². The van der Waals surface area contributed by atoms with Crippen LogP contribution in [0.1, 0.15) is 12.0 Å². The summed E-state index contributed by atoms with van der Waals surface area (Å²) in [5, 5.41) is 9.51. The van der Waals surface area contributed by atoms with Gasteiger partial charge in [0.25, 0.3) is 0 Å². The third-order valence-corrected chi connectivity index (χ3v) is 7.18. The quantitative estimate of drug-likeness (QED) is 0.901. The molecule has 0 saturated carbocycles. The summed E-state index contributed by atoms with van der Waals surface area (Å²) in [6.45, 7) is -0.356. The highest BCUT2D eigenvalue weighted by Crippen LogP contribution is 2.33. The summed E-state index contributed by atoms with van der Waals surface area (Å²) in [6, 6.07) is 2.77. The summed E-state index contributed by atoms with van der Waals surface area (Å²) in [6.07, 6.45) is 0.825. The first-order chi connectivity index (χ1) is 9.37. The van der Waals surface area contributed by atoms with Crippen molar-refractivity contribution in [3.63, 3.8) is 0 Å². The van der Waals surface area contributed by atoms with E-state index in [2.05, 4.69) is 0 Å². The van der Waals surface area contributed by atoms with E-state index in [4.69, 9.17) is 23.2 Å². The lowest BCUT2D eigenvalue weighted by Gasteiger charge is -2.24. The van der Waals surface area contributed by atoms with Gasteiger partial charge in [0.1, 0.15) is 4.90 Å². The van der Waals surface area contributed by atoms with Crippen LogP contribution in [0.4, 0.5) is 0 Å². The Morgan fingerprint density at radius 2 is 2.15 bits per heavy atom. The molecule has 1 aliphatic rings. The third-order valence-electron chi connectivity index (χ3n) is 3.33. The molecule has 4 nitrogen and oxygen atoms in total. The second-order valence-corrected chi connectivity index (χ2v) is 8.50. The van der Waals surface area contributed by atoms with Gasteiger partial charge in [0, 0.05) is 23.9 Å². The standard InChI is InChI=1S/C12H15Cl2NO3S2/c1-15(10-2-3-19-7-10)20(17,18)11-5-9(13)4-8(6-16)12(11)14/h4-5,10,16H,2-3,6-7H2,1H3. The Bertz CT molecular complexity index is 601. The van der Waals surface area contributed by atoms with Crippen molar-refractivity contribution in [1.29, 1.82) is 0 Å². The Labute approximate surface area is 133 Å². The maximum absolute atomic E-state index is 12.7. The monoisotopic (exact) mass is 355 g/mol. The largest absolute Gasteiger partial charge is 0.392 e. The molecule has 1 fully saturated rings. The lowest BCUT2D eigenvalue weighted by molar-refractivity contribution is 0.281. The summed E-state index contributed by atoms with van der Waals surface area (Å²) in [5.74, 6) is 1.73. The van der Waals surface area contributed by atoms with Crippen LogP contribution in [-0.4, -0.2) is 42.4 Å². The summed E-state index contributed by atoms with van der Waals surface area (Å²) in [7, 11) is -2.16. The molecule has 1 aromatic carbocycles. The zero-order valence-electron chi connectivity index (χ0n) is 10.8. The molecule has 1 aromatic rings. The van der Waals surface area contributed by atoms with Crippen LogP contribution in [0.5, 0.6) is 0 Å². The Morgan fingerprint density at radius 3 is 2.70 bits per heavy atom. The molecule has 8 heteroatoms. The van der Waals surface area contributed by atoms with Gasteiger partial charge >= 0.3 is 0 Å². The van der Waals surface area contributed by atoms with Crippen LogP contribution in [0.3, 0.4) is 0 Å². The maximum Gasteiger partial charge on any atom is 0.244 e. The van der Waals surface area contributed by atoms with Gasteiger partial charge in [-0.05, 0) is 29.9 Å². The molecule has 1 saturated heterocycles. The van der Waals surface area contributed by atoms with Crippen LogP contribution in [0.25, 0.3) is 0 Å². The molecular weight excluding hydrogens is 341 g/mol. The fourth-order valence-electron chi connectivity index (χ4n) is 2.08. The van der Waals surface area contributed by atoms with Crippen molar-refractivity contribution >= 4 is 45.0 Å². The highest BCUT2D eigenvalue weighted by Gasteiger charge is 2.32. The number of aliphatic hydroxyl groups is 1. The van der Waals surface area contributed by atoms with Gasteiger partial charge in [-0.2, -0.15) is 16.1 Å². The van der Waals surface area contributed by atoms with Crippen LogP contribution in [0, 0.1) is 0 Å². The number of halogens is 2. The maximum atomic E-state index is 12.7. The van der Waals surface area contributed by atoms with E-state index in [0.29, 0.717) is 5.56 Å². The number of sulfonamides is 1. The van der Waals surface area contributed by atoms with E-state index >= 15 is 0 Å². The normalized spacial score (nSPS) is 19.8. The zero-order chi connectivity index (χ0) is 14.9. The molecule has 1 N–H and O–H groups in total. The van der Waals surface area contributed by atoms with Gasteiger partial charge in [0.2, 0.25) is 10.0 Å². The third kappa shape index (κ3) is 3.10. The average molecular weight is 356 g/mol. The Hall–Kier alpha value is 0.0200. The van der Waals surface area contributed by atoms with E-state index < -0.39 is 10.0 Å². The van der Waals surface area contributed by atoms with Gasteiger partial charge in [0.15, 0.2) is 0 Å². The van der Waals surface area contributed by atoms with E-state index in [1.165, 1.54) is 16.4 Å². The molecule has 1 unspecified atom stereocenters. The smallest absolute Gasteiger partial charge is 0.244 e. The fraction of sp³-hybridized carbons (Fsp3) is 0.500. The van der Waals surface area contributed by atoms with Crippen LogP contribution in [-0.2, 0) is 16.6 Å². The van der Waals surface area contributed by atoms with E-state index in [-0.39, 0.29) is 27.6 Å². The molecule has 112 valence electrons. The van der Waals surface area contributed by atoms with E-state index in [0.717, 1.165) is 17.9 Å². The number of benzene rings is 1. The van der Waals surface area contributed by atoms with E-state index in [1.54, 1.807) is 18.8 Å². The average Bonchev–Trinajstić information content (AvgIpc) is 2.93. The molecular formula is C12H15Cl2NO3S2. The molecule has 0 aromatic heterocycles. The van der Waals surface area contributed by atoms with Gasteiger partial charge in [-0.25, -0.2) is 8.42 Å². The van der Waals surface area contributed by atoms with Crippen molar-refractivity contribution < 1.29 is 13.5 Å². The first-order valence-corrected chi connectivity index (χ1v) is 9.37. The van der Waals surface area contributed by atoms with Gasteiger partial charge in [-0.3, -0.25) is 0 Å². The Morgan fingerprint density at radius 1 is 1.45 bits per heavy atom. The number of aliphatic hydroxyl groups excluding tert-OH is 1. The molecule has 2 rings (SSSR count). The number of hydrogen-bond donors (Lipinski definition) is 1. The predicted molar refractivity (Wildman–Crippen MR) is 83.1 cm³/mol. The Kier molecular flexibility index (Phi) is 5.26. The zero-order valence-corrected chi connectivity index (χ0v) is 14.0. The van der Waals surface area contributed by atoms with Crippen LogP contribution < -0.4 is 0 Å². The van der Waals surface area contributed by atoms with Crippen molar-refractivity contribution in [1.82, 2.24) is 4.31 Å². The van der Waals surface area contributed by atoms with Crippen LogP contribution in [0.15, 0.2) is 17.0 Å². The molecule has 0 bridgehead atoms. The molecule has 0 radical (unpaired) electrons. The highest BCUT2D eigenvalue weighted by molar-refractivity contribution is 7.99. The molecule has 0 spiro atoms. The van der Waals surface area contributed by atoms with Crippen molar-refractivity contribution in [2.45, 2.75) is 24.0 Å². The molecule has 0 amide bonds. The number of rotatable bonds is 4. The van der Waals surface area contributed by atoms with Crippen molar-refractivity contribution in [2.75, 3.05) is 18.6 Å². The van der Waals surface area contributed by atoms with Crippen molar-refractivity contribution in [3.05, 3.63) is 27.7 Å². The molecule has 1 heterocycles. The van der Waals surface area contributed by atoms with Gasteiger partial charge < -0.3 is 5.11 Å². The summed E-state index contributed by atoms with van der Waals surface area (Å²) in [4.78, 5) is -0.0462. The fourth-order valence-corrected chi connectivity index (χ4v) is 5.73. The topological polar surface area (TPSA) is 57.6 Å².